The Kier molecular flexibility index (Phi) is 2.24. The highest BCUT2D eigenvalue weighted by Gasteiger charge is 2.38. The molecule has 1 N–H and O–H groups in total. The summed E-state index contributed by atoms with van der Waals surface area (Å²) in [4.78, 5) is 9.62. The van der Waals surface area contributed by atoms with Crippen molar-refractivity contribution in [3.05, 3.63) is 32.6 Å². The molecule has 0 aliphatic carbocycles. The number of nitro groups is 1. The number of ether oxygens (including phenoxy) is 1. The number of rotatable bonds is 1. The van der Waals surface area contributed by atoms with Crippen LogP contribution in [0.25, 0.3) is 0 Å². The normalized spacial score (nSPS) is 23.9. The Hall–Kier alpha value is -1.41. The van der Waals surface area contributed by atoms with E-state index in [1.165, 1.54) is 0 Å². The van der Waals surface area contributed by atoms with Crippen LogP contribution in [0.3, 0.4) is 0 Å². The lowest BCUT2D eigenvalue weighted by atomic mass is 10.2. The van der Waals surface area contributed by atoms with Gasteiger partial charge in [0.2, 0.25) is 0 Å². The second kappa shape index (κ2) is 3.31. The van der Waals surface area contributed by atoms with Crippen molar-refractivity contribution in [3.63, 3.8) is 0 Å². The third kappa shape index (κ3) is 1.61. The summed E-state index contributed by atoms with van der Waals surface area (Å²) in [7, 11) is -3.78. The lowest BCUT2D eigenvalue weighted by molar-refractivity contribution is -0.420. The van der Waals surface area contributed by atoms with Crippen LogP contribution >= 0.6 is 0 Å². The lowest BCUT2D eigenvalue weighted by Gasteiger charge is -2.22. The highest BCUT2D eigenvalue weighted by Crippen LogP contribution is 2.29. The average Bonchev–Trinajstić information content (AvgIpc) is 2.16. The van der Waals surface area contributed by atoms with Crippen LogP contribution in [0.2, 0.25) is 0 Å². The number of hydrogen-bond donors (Lipinski definition) is 1. The zero-order valence-electron chi connectivity index (χ0n) is 7.60. The summed E-state index contributed by atoms with van der Waals surface area (Å²) in [6, 6.07) is 0. The van der Waals surface area contributed by atoms with Gasteiger partial charge in [-0.2, -0.15) is 0 Å². The molecule has 0 saturated carbocycles. The van der Waals surface area contributed by atoms with Crippen molar-refractivity contribution in [3.8, 4) is 0 Å². The van der Waals surface area contributed by atoms with E-state index in [0.29, 0.717) is 6.42 Å². The van der Waals surface area contributed by atoms with E-state index < -0.39 is 20.6 Å². The Bertz CT molecular complexity index is 476. The molecular weight excluding hydrogens is 224 g/mol. The zero-order valence-corrected chi connectivity index (χ0v) is 8.41. The summed E-state index contributed by atoms with van der Waals surface area (Å²) in [5, 5.41) is 10.7. The summed E-state index contributed by atoms with van der Waals surface area (Å²) < 4.78 is 30.4. The van der Waals surface area contributed by atoms with Gasteiger partial charge >= 0.3 is 0 Å². The smallest absolute Gasteiger partial charge is 0.292 e. The SMILES string of the molecule is O=[N+]([O-])C1=CCOC2=C1S(=O)(=O)NCC2. The van der Waals surface area contributed by atoms with Gasteiger partial charge in [-0.25, -0.2) is 13.1 Å². The second-order valence-electron chi connectivity index (χ2n) is 3.06. The van der Waals surface area contributed by atoms with E-state index in [4.69, 9.17) is 4.74 Å². The minimum absolute atomic E-state index is 0.0463. The van der Waals surface area contributed by atoms with Gasteiger partial charge in [0, 0.05) is 19.0 Å². The molecule has 8 heteroatoms. The van der Waals surface area contributed by atoms with Crippen LogP contribution in [0.5, 0.6) is 0 Å². The van der Waals surface area contributed by atoms with Gasteiger partial charge in [-0.15, -0.1) is 0 Å². The quantitative estimate of drug-likeness (QED) is 0.495. The molecule has 0 aromatic heterocycles. The summed E-state index contributed by atoms with van der Waals surface area (Å²) in [6.45, 7) is 0.261. The molecule has 0 aromatic rings. The van der Waals surface area contributed by atoms with Crippen LogP contribution in [0.4, 0.5) is 0 Å². The van der Waals surface area contributed by atoms with E-state index in [2.05, 4.69) is 4.72 Å². The predicted octanol–water partition coefficient (Wildman–Crippen LogP) is -0.288. The number of sulfonamides is 1. The Labute approximate surface area is 85.6 Å². The van der Waals surface area contributed by atoms with Gasteiger partial charge in [0.1, 0.15) is 12.4 Å². The Morgan fingerprint density at radius 1 is 1.53 bits per heavy atom. The first-order valence-corrected chi connectivity index (χ1v) is 5.71. The molecule has 0 radical (unpaired) electrons. The van der Waals surface area contributed by atoms with Gasteiger partial charge < -0.3 is 4.74 Å². The molecule has 2 aliphatic rings. The number of hydrogen-bond acceptors (Lipinski definition) is 5. The summed E-state index contributed by atoms with van der Waals surface area (Å²) in [5.41, 5.74) is -0.400. The summed E-state index contributed by atoms with van der Waals surface area (Å²) in [6.07, 6.45) is 1.50. The molecule has 7 nitrogen and oxygen atoms in total. The van der Waals surface area contributed by atoms with E-state index in [9.17, 15) is 18.5 Å². The highest BCUT2D eigenvalue weighted by atomic mass is 32.2. The Morgan fingerprint density at radius 2 is 2.27 bits per heavy atom. The van der Waals surface area contributed by atoms with Crippen LogP contribution in [0.15, 0.2) is 22.4 Å². The highest BCUT2D eigenvalue weighted by molar-refractivity contribution is 7.93. The van der Waals surface area contributed by atoms with Gasteiger partial charge in [0.05, 0.1) is 4.92 Å². The molecule has 0 spiro atoms. The van der Waals surface area contributed by atoms with Gasteiger partial charge in [0.25, 0.3) is 15.7 Å². The third-order valence-electron chi connectivity index (χ3n) is 2.13. The number of nitrogens with zero attached hydrogens (tertiary/aromatic N) is 1. The molecule has 0 aromatic carbocycles. The van der Waals surface area contributed by atoms with Crippen molar-refractivity contribution in [2.75, 3.05) is 13.2 Å². The van der Waals surface area contributed by atoms with Crippen LogP contribution in [0, 0.1) is 10.1 Å². The fraction of sp³-hybridized carbons (Fsp3) is 0.429. The third-order valence-corrected chi connectivity index (χ3v) is 3.69. The van der Waals surface area contributed by atoms with Gasteiger partial charge in [-0.05, 0) is 0 Å². The van der Waals surface area contributed by atoms with Crippen molar-refractivity contribution in [2.45, 2.75) is 6.42 Å². The first kappa shape index (κ1) is 10.1. The van der Waals surface area contributed by atoms with Crippen molar-refractivity contribution in [1.82, 2.24) is 4.72 Å². The van der Waals surface area contributed by atoms with E-state index in [0.717, 1.165) is 6.08 Å². The monoisotopic (exact) mass is 232 g/mol. The molecule has 0 bridgehead atoms. The van der Waals surface area contributed by atoms with Crippen LogP contribution < -0.4 is 4.72 Å². The van der Waals surface area contributed by atoms with Crippen LogP contribution in [-0.2, 0) is 14.8 Å². The molecule has 15 heavy (non-hydrogen) atoms. The minimum atomic E-state index is -3.78. The van der Waals surface area contributed by atoms with Crippen molar-refractivity contribution < 1.29 is 18.1 Å². The van der Waals surface area contributed by atoms with E-state index >= 15 is 0 Å². The molecule has 2 rings (SSSR count). The average molecular weight is 232 g/mol. The molecule has 2 aliphatic heterocycles. The maximum absolute atomic E-state index is 11.5. The molecule has 2 heterocycles. The molecule has 0 saturated heterocycles. The fourth-order valence-electron chi connectivity index (χ4n) is 1.52. The topological polar surface area (TPSA) is 98.5 Å². The molecule has 0 amide bonds. The summed E-state index contributed by atoms with van der Waals surface area (Å²) in [5.74, 6) is 0.183. The summed E-state index contributed by atoms with van der Waals surface area (Å²) >= 11 is 0. The lowest BCUT2D eigenvalue weighted by Crippen LogP contribution is -2.35. The van der Waals surface area contributed by atoms with E-state index in [1.54, 1.807) is 0 Å². The first-order chi connectivity index (χ1) is 7.02. The molecule has 0 unspecified atom stereocenters. The first-order valence-electron chi connectivity index (χ1n) is 4.23. The molecule has 0 atom stereocenters. The van der Waals surface area contributed by atoms with Gasteiger partial charge in [0.15, 0.2) is 4.91 Å². The maximum Gasteiger partial charge on any atom is 0.292 e. The van der Waals surface area contributed by atoms with E-state index in [1.807, 2.05) is 0 Å². The molecule has 82 valence electrons. The van der Waals surface area contributed by atoms with Crippen molar-refractivity contribution >= 4 is 10.0 Å². The van der Waals surface area contributed by atoms with Crippen molar-refractivity contribution in [2.24, 2.45) is 0 Å². The maximum atomic E-state index is 11.5. The van der Waals surface area contributed by atoms with Gasteiger partial charge in [-0.1, -0.05) is 0 Å². The molecule has 0 fully saturated rings. The Balaban J connectivity index is 2.59. The van der Waals surface area contributed by atoms with Crippen LogP contribution in [0.1, 0.15) is 6.42 Å². The van der Waals surface area contributed by atoms with Gasteiger partial charge in [-0.3, -0.25) is 10.1 Å². The van der Waals surface area contributed by atoms with Crippen LogP contribution in [-0.4, -0.2) is 26.5 Å². The predicted molar refractivity (Wildman–Crippen MR) is 49.6 cm³/mol. The number of nitrogens with one attached hydrogen (secondary N) is 1. The van der Waals surface area contributed by atoms with Crippen molar-refractivity contribution in [1.29, 1.82) is 0 Å². The Morgan fingerprint density at radius 3 is 2.93 bits per heavy atom. The standard InChI is InChI=1S/C7H8N2O5S/c10-9(11)5-2-4-14-6-1-3-8-15(12,13)7(5)6/h2,8H,1,3-4H2. The zero-order chi connectivity index (χ0) is 11.1. The fourth-order valence-corrected chi connectivity index (χ4v) is 2.93. The minimum Gasteiger partial charge on any atom is -0.492 e. The van der Waals surface area contributed by atoms with E-state index in [-0.39, 0.29) is 23.8 Å². The molecular formula is C7H8N2O5S. The largest absolute Gasteiger partial charge is 0.492 e. The second-order valence-corrected chi connectivity index (χ2v) is 4.76.